The van der Waals surface area contributed by atoms with Crippen molar-refractivity contribution in [2.75, 3.05) is 34.5 Å². The molecule has 0 aliphatic rings. The van der Waals surface area contributed by atoms with Gasteiger partial charge in [0.2, 0.25) is 0 Å². The lowest BCUT2D eigenvalue weighted by atomic mass is 10.1. The first kappa shape index (κ1) is 19.4. The molecule has 2 aromatic rings. The van der Waals surface area contributed by atoms with Crippen molar-refractivity contribution >= 4 is 5.91 Å². The van der Waals surface area contributed by atoms with Crippen molar-refractivity contribution in [1.29, 1.82) is 0 Å². The Kier molecular flexibility index (Phi) is 7.61. The van der Waals surface area contributed by atoms with E-state index in [4.69, 9.17) is 18.9 Å². The van der Waals surface area contributed by atoms with Crippen LogP contribution in [-0.2, 0) is 11.2 Å². The molecule has 0 aliphatic carbocycles. The fraction of sp³-hybridized carbons (Fsp3) is 0.350. The van der Waals surface area contributed by atoms with Gasteiger partial charge in [0.25, 0.3) is 5.91 Å². The van der Waals surface area contributed by atoms with E-state index in [1.54, 1.807) is 39.5 Å². The number of amides is 1. The average Bonchev–Trinajstić information content (AvgIpc) is 2.69. The van der Waals surface area contributed by atoms with Gasteiger partial charge in [0, 0.05) is 24.7 Å². The summed E-state index contributed by atoms with van der Waals surface area (Å²) in [4.78, 5) is 11.9. The molecule has 2 aromatic carbocycles. The molecule has 0 saturated heterocycles. The third-order valence-corrected chi connectivity index (χ3v) is 3.83. The van der Waals surface area contributed by atoms with Crippen molar-refractivity contribution in [2.45, 2.75) is 12.8 Å². The van der Waals surface area contributed by atoms with Crippen LogP contribution in [-0.4, -0.2) is 40.4 Å². The number of nitrogens with one attached hydrogen (secondary N) is 1. The second kappa shape index (κ2) is 10.2. The van der Waals surface area contributed by atoms with E-state index < -0.39 is 0 Å². The molecule has 140 valence electrons. The van der Waals surface area contributed by atoms with Gasteiger partial charge < -0.3 is 24.3 Å². The lowest BCUT2D eigenvalue weighted by molar-refractivity contribution is -0.123. The fourth-order valence-corrected chi connectivity index (χ4v) is 2.48. The molecular weight excluding hydrogens is 334 g/mol. The van der Waals surface area contributed by atoms with E-state index in [0.29, 0.717) is 23.8 Å². The van der Waals surface area contributed by atoms with Crippen LogP contribution >= 0.6 is 0 Å². The number of benzene rings is 2. The molecule has 0 spiro atoms. The Balaban J connectivity index is 1.74. The molecule has 6 heteroatoms. The quantitative estimate of drug-likeness (QED) is 0.661. The van der Waals surface area contributed by atoms with Crippen LogP contribution < -0.4 is 24.3 Å². The predicted molar refractivity (Wildman–Crippen MR) is 99.4 cm³/mol. The molecule has 0 unspecified atom stereocenters. The Hall–Kier alpha value is -2.89. The van der Waals surface area contributed by atoms with Gasteiger partial charge >= 0.3 is 0 Å². The molecule has 1 N–H and O–H groups in total. The summed E-state index contributed by atoms with van der Waals surface area (Å²) >= 11 is 0. The number of hydrogen-bond donors (Lipinski definition) is 1. The van der Waals surface area contributed by atoms with E-state index in [-0.39, 0.29) is 12.5 Å². The van der Waals surface area contributed by atoms with E-state index >= 15 is 0 Å². The third-order valence-electron chi connectivity index (χ3n) is 3.83. The molecule has 0 heterocycles. The first-order valence-corrected chi connectivity index (χ1v) is 8.40. The SMILES string of the molecule is COc1cc(OC)cc(OCC(=O)NCCCc2ccccc2OC)c1. The Morgan fingerprint density at radius 2 is 1.58 bits per heavy atom. The van der Waals surface area contributed by atoms with Gasteiger partial charge in [0.05, 0.1) is 21.3 Å². The van der Waals surface area contributed by atoms with Gasteiger partial charge in [-0.05, 0) is 24.5 Å². The van der Waals surface area contributed by atoms with Crippen molar-refractivity contribution < 1.29 is 23.7 Å². The highest BCUT2D eigenvalue weighted by molar-refractivity contribution is 5.77. The summed E-state index contributed by atoms with van der Waals surface area (Å²) in [5.74, 6) is 2.43. The maximum absolute atomic E-state index is 11.9. The van der Waals surface area contributed by atoms with E-state index in [0.717, 1.165) is 24.2 Å². The summed E-state index contributed by atoms with van der Waals surface area (Å²) in [5, 5.41) is 2.85. The lowest BCUT2D eigenvalue weighted by Crippen LogP contribution is -2.29. The maximum Gasteiger partial charge on any atom is 0.257 e. The number of para-hydroxylation sites is 1. The number of methoxy groups -OCH3 is 3. The second-order valence-electron chi connectivity index (χ2n) is 5.60. The van der Waals surface area contributed by atoms with Crippen LogP contribution in [0, 0.1) is 0 Å². The standard InChI is InChI=1S/C20H25NO5/c1-23-16-11-17(24-2)13-18(12-16)26-14-20(22)21-10-6-8-15-7-4-5-9-19(15)25-3/h4-5,7,9,11-13H,6,8,10,14H2,1-3H3,(H,21,22). The number of ether oxygens (including phenoxy) is 4. The molecule has 0 atom stereocenters. The first-order chi connectivity index (χ1) is 12.7. The molecule has 0 saturated carbocycles. The molecule has 0 aromatic heterocycles. The van der Waals surface area contributed by atoms with Gasteiger partial charge in [-0.15, -0.1) is 0 Å². The van der Waals surface area contributed by atoms with Crippen molar-refractivity contribution in [3.63, 3.8) is 0 Å². The van der Waals surface area contributed by atoms with Crippen molar-refractivity contribution in [2.24, 2.45) is 0 Å². The van der Waals surface area contributed by atoms with Crippen LogP contribution in [0.3, 0.4) is 0 Å². The van der Waals surface area contributed by atoms with Crippen LogP contribution in [0.1, 0.15) is 12.0 Å². The van der Waals surface area contributed by atoms with E-state index in [2.05, 4.69) is 5.32 Å². The summed E-state index contributed by atoms with van der Waals surface area (Å²) in [6, 6.07) is 13.0. The topological polar surface area (TPSA) is 66.0 Å². The zero-order valence-corrected chi connectivity index (χ0v) is 15.4. The molecule has 0 radical (unpaired) electrons. The van der Waals surface area contributed by atoms with Gasteiger partial charge in [-0.3, -0.25) is 4.79 Å². The minimum absolute atomic E-state index is 0.0645. The fourth-order valence-electron chi connectivity index (χ4n) is 2.48. The highest BCUT2D eigenvalue weighted by atomic mass is 16.5. The Morgan fingerprint density at radius 1 is 0.923 bits per heavy atom. The molecule has 0 fully saturated rings. The Bertz CT molecular complexity index is 695. The molecule has 0 aliphatic heterocycles. The monoisotopic (exact) mass is 359 g/mol. The van der Waals surface area contributed by atoms with Crippen molar-refractivity contribution in [3.8, 4) is 23.0 Å². The van der Waals surface area contributed by atoms with Gasteiger partial charge in [-0.25, -0.2) is 0 Å². The number of rotatable bonds is 10. The second-order valence-corrected chi connectivity index (χ2v) is 5.60. The highest BCUT2D eigenvalue weighted by Crippen LogP contribution is 2.27. The Morgan fingerprint density at radius 3 is 2.23 bits per heavy atom. The van der Waals surface area contributed by atoms with Crippen LogP contribution in [0.15, 0.2) is 42.5 Å². The maximum atomic E-state index is 11.9. The largest absolute Gasteiger partial charge is 0.496 e. The molecule has 26 heavy (non-hydrogen) atoms. The van der Waals surface area contributed by atoms with Crippen molar-refractivity contribution in [3.05, 3.63) is 48.0 Å². The zero-order valence-electron chi connectivity index (χ0n) is 15.4. The zero-order chi connectivity index (χ0) is 18.8. The van der Waals surface area contributed by atoms with Gasteiger partial charge in [-0.2, -0.15) is 0 Å². The van der Waals surface area contributed by atoms with E-state index in [1.807, 2.05) is 24.3 Å². The minimum atomic E-state index is -0.174. The number of carbonyl (C=O) groups excluding carboxylic acids is 1. The van der Waals surface area contributed by atoms with Crippen molar-refractivity contribution in [1.82, 2.24) is 5.32 Å². The summed E-state index contributed by atoms with van der Waals surface area (Å²) in [5.41, 5.74) is 1.13. The predicted octanol–water partition coefficient (Wildman–Crippen LogP) is 2.84. The van der Waals surface area contributed by atoms with Crippen LogP contribution in [0.2, 0.25) is 0 Å². The number of aryl methyl sites for hydroxylation is 1. The first-order valence-electron chi connectivity index (χ1n) is 8.40. The van der Waals surface area contributed by atoms with E-state index in [1.165, 1.54) is 0 Å². The smallest absolute Gasteiger partial charge is 0.257 e. The molecular formula is C20H25NO5. The summed E-state index contributed by atoms with van der Waals surface area (Å²) < 4.78 is 21.2. The minimum Gasteiger partial charge on any atom is -0.496 e. The molecule has 6 nitrogen and oxygen atoms in total. The number of carbonyl (C=O) groups is 1. The average molecular weight is 359 g/mol. The van der Waals surface area contributed by atoms with E-state index in [9.17, 15) is 4.79 Å². The normalized spacial score (nSPS) is 10.1. The number of hydrogen-bond acceptors (Lipinski definition) is 5. The highest BCUT2D eigenvalue weighted by Gasteiger charge is 2.07. The van der Waals surface area contributed by atoms with Gasteiger partial charge in [-0.1, -0.05) is 18.2 Å². The van der Waals surface area contributed by atoms with Gasteiger partial charge in [0.15, 0.2) is 6.61 Å². The molecule has 2 rings (SSSR count). The lowest BCUT2D eigenvalue weighted by Gasteiger charge is -2.11. The molecule has 0 bridgehead atoms. The van der Waals surface area contributed by atoms with Crippen LogP contribution in [0.5, 0.6) is 23.0 Å². The Labute approximate surface area is 154 Å². The van der Waals surface area contributed by atoms with Crippen LogP contribution in [0.4, 0.5) is 0 Å². The summed E-state index contributed by atoms with van der Waals surface area (Å²) in [6.07, 6.45) is 1.65. The molecule has 1 amide bonds. The summed E-state index contributed by atoms with van der Waals surface area (Å²) in [7, 11) is 4.78. The van der Waals surface area contributed by atoms with Crippen LogP contribution in [0.25, 0.3) is 0 Å². The van der Waals surface area contributed by atoms with Gasteiger partial charge in [0.1, 0.15) is 23.0 Å². The third kappa shape index (κ3) is 5.88. The summed E-state index contributed by atoms with van der Waals surface area (Å²) in [6.45, 7) is 0.507.